The highest BCUT2D eigenvalue weighted by atomic mass is 32.1. The highest BCUT2D eigenvalue weighted by Crippen LogP contribution is 2.29. The van der Waals surface area contributed by atoms with Crippen molar-refractivity contribution < 1.29 is 0 Å². The summed E-state index contributed by atoms with van der Waals surface area (Å²) < 4.78 is 0. The van der Waals surface area contributed by atoms with E-state index < -0.39 is 0 Å². The number of rotatable bonds is 6. The quantitative estimate of drug-likeness (QED) is 0.827. The molecule has 0 fully saturated rings. The molecular formula is C13H24N2S. The van der Waals surface area contributed by atoms with Gasteiger partial charge in [-0.15, -0.1) is 11.3 Å². The Kier molecular flexibility index (Phi) is 5.46. The summed E-state index contributed by atoms with van der Waals surface area (Å²) in [5.74, 6) is 0. The van der Waals surface area contributed by atoms with Crippen LogP contribution >= 0.6 is 11.3 Å². The summed E-state index contributed by atoms with van der Waals surface area (Å²) >= 11 is 1.82. The predicted octanol–water partition coefficient (Wildman–Crippen LogP) is 3.18. The Hall–Kier alpha value is -0.380. The molecule has 0 aromatic carbocycles. The molecular weight excluding hydrogens is 216 g/mol. The van der Waals surface area contributed by atoms with Crippen LogP contribution in [0.2, 0.25) is 0 Å². The molecule has 1 rings (SSSR count). The Labute approximate surface area is 103 Å². The molecule has 0 bridgehead atoms. The van der Waals surface area contributed by atoms with Crippen LogP contribution in [0, 0.1) is 6.92 Å². The number of aryl methyl sites for hydroxylation is 1. The zero-order valence-electron chi connectivity index (χ0n) is 10.9. The normalized spacial score (nSPS) is 15.4. The van der Waals surface area contributed by atoms with Crippen molar-refractivity contribution >= 4 is 11.3 Å². The fourth-order valence-corrected chi connectivity index (χ4v) is 3.20. The van der Waals surface area contributed by atoms with Crippen molar-refractivity contribution in [3.8, 4) is 0 Å². The van der Waals surface area contributed by atoms with E-state index in [0.717, 1.165) is 0 Å². The third kappa shape index (κ3) is 3.06. The average Bonchev–Trinajstić information content (AvgIpc) is 2.66. The predicted molar refractivity (Wildman–Crippen MR) is 73.0 cm³/mol. The zero-order valence-corrected chi connectivity index (χ0v) is 11.7. The molecule has 2 atom stereocenters. The van der Waals surface area contributed by atoms with E-state index in [-0.39, 0.29) is 0 Å². The van der Waals surface area contributed by atoms with Crippen molar-refractivity contribution in [2.45, 2.75) is 45.7 Å². The molecule has 0 aliphatic heterocycles. The molecule has 2 N–H and O–H groups in total. The second-order valence-corrected chi connectivity index (χ2v) is 5.47. The largest absolute Gasteiger partial charge is 0.329 e. The fraction of sp³-hybridized carbons (Fsp3) is 0.692. The first-order chi connectivity index (χ1) is 7.61. The second kappa shape index (κ2) is 6.38. The molecule has 2 nitrogen and oxygen atoms in total. The minimum absolute atomic E-state index is 0.376. The van der Waals surface area contributed by atoms with Crippen LogP contribution in [-0.4, -0.2) is 24.5 Å². The Bertz CT molecular complexity index is 309. The van der Waals surface area contributed by atoms with Gasteiger partial charge in [-0.3, -0.25) is 4.90 Å². The van der Waals surface area contributed by atoms with Crippen LogP contribution in [0.15, 0.2) is 11.4 Å². The van der Waals surface area contributed by atoms with Crippen molar-refractivity contribution in [1.82, 2.24) is 4.90 Å². The van der Waals surface area contributed by atoms with Crippen LogP contribution < -0.4 is 5.73 Å². The van der Waals surface area contributed by atoms with Crippen molar-refractivity contribution in [1.29, 1.82) is 0 Å². The lowest BCUT2D eigenvalue weighted by Crippen LogP contribution is -2.36. The van der Waals surface area contributed by atoms with Crippen LogP contribution in [0.1, 0.15) is 43.2 Å². The van der Waals surface area contributed by atoms with Gasteiger partial charge in [0.2, 0.25) is 0 Å². The van der Waals surface area contributed by atoms with E-state index >= 15 is 0 Å². The van der Waals surface area contributed by atoms with E-state index in [9.17, 15) is 0 Å². The lowest BCUT2D eigenvalue weighted by molar-refractivity contribution is 0.182. The molecule has 0 aliphatic rings. The van der Waals surface area contributed by atoms with E-state index in [1.807, 2.05) is 11.3 Å². The topological polar surface area (TPSA) is 29.3 Å². The van der Waals surface area contributed by atoms with Crippen LogP contribution in [0.5, 0.6) is 0 Å². The van der Waals surface area contributed by atoms with Gasteiger partial charge < -0.3 is 5.73 Å². The van der Waals surface area contributed by atoms with Crippen LogP contribution in [0.3, 0.4) is 0 Å². The highest BCUT2D eigenvalue weighted by Gasteiger charge is 2.21. The third-order valence-corrected chi connectivity index (χ3v) is 4.44. The van der Waals surface area contributed by atoms with Crippen LogP contribution in [0.25, 0.3) is 0 Å². The molecule has 1 aromatic heterocycles. The number of hydrogen-bond acceptors (Lipinski definition) is 3. The summed E-state index contributed by atoms with van der Waals surface area (Å²) in [4.78, 5) is 3.84. The second-order valence-electron chi connectivity index (χ2n) is 4.52. The highest BCUT2D eigenvalue weighted by molar-refractivity contribution is 7.10. The van der Waals surface area contributed by atoms with Gasteiger partial charge in [-0.05, 0) is 44.3 Å². The first-order valence-corrected chi connectivity index (χ1v) is 6.95. The van der Waals surface area contributed by atoms with Gasteiger partial charge in [-0.1, -0.05) is 13.3 Å². The molecule has 1 aromatic rings. The average molecular weight is 240 g/mol. The molecule has 0 aliphatic carbocycles. The van der Waals surface area contributed by atoms with Gasteiger partial charge in [0.25, 0.3) is 0 Å². The molecule has 0 saturated heterocycles. The van der Waals surface area contributed by atoms with Gasteiger partial charge in [-0.25, -0.2) is 0 Å². The minimum atomic E-state index is 0.376. The van der Waals surface area contributed by atoms with Gasteiger partial charge >= 0.3 is 0 Å². The Balaban J connectivity index is 2.78. The standard InChI is InChI=1S/C13H24N2S/c1-5-6-11(3)15(4)12(9-14)13-10(2)7-8-16-13/h7-8,11-12H,5-6,9,14H2,1-4H3. The van der Waals surface area contributed by atoms with E-state index in [0.29, 0.717) is 18.6 Å². The zero-order chi connectivity index (χ0) is 12.1. The summed E-state index contributed by atoms with van der Waals surface area (Å²) in [6.07, 6.45) is 2.46. The van der Waals surface area contributed by atoms with Crippen molar-refractivity contribution in [3.05, 3.63) is 21.9 Å². The Morgan fingerprint density at radius 1 is 1.50 bits per heavy atom. The number of thiophene rings is 1. The van der Waals surface area contributed by atoms with E-state index in [4.69, 9.17) is 5.73 Å². The molecule has 3 heteroatoms. The maximum Gasteiger partial charge on any atom is 0.0566 e. The van der Waals surface area contributed by atoms with E-state index in [1.165, 1.54) is 23.3 Å². The molecule has 0 spiro atoms. The van der Waals surface area contributed by atoms with Gasteiger partial charge in [0.05, 0.1) is 6.04 Å². The minimum Gasteiger partial charge on any atom is -0.329 e. The van der Waals surface area contributed by atoms with Gasteiger partial charge in [0.1, 0.15) is 0 Å². The number of nitrogens with zero attached hydrogens (tertiary/aromatic N) is 1. The van der Waals surface area contributed by atoms with E-state index in [2.05, 4.69) is 44.2 Å². The molecule has 92 valence electrons. The number of nitrogens with two attached hydrogens (primary N) is 1. The summed E-state index contributed by atoms with van der Waals surface area (Å²) in [6, 6.07) is 3.16. The number of likely N-dealkylation sites (N-methyl/N-ethyl adjacent to an activating group) is 1. The van der Waals surface area contributed by atoms with Crippen LogP contribution in [-0.2, 0) is 0 Å². The van der Waals surface area contributed by atoms with Gasteiger partial charge in [-0.2, -0.15) is 0 Å². The monoisotopic (exact) mass is 240 g/mol. The van der Waals surface area contributed by atoms with Crippen LogP contribution in [0.4, 0.5) is 0 Å². The molecule has 0 radical (unpaired) electrons. The lowest BCUT2D eigenvalue weighted by Gasteiger charge is -2.32. The smallest absolute Gasteiger partial charge is 0.0566 e. The Morgan fingerprint density at radius 3 is 2.62 bits per heavy atom. The van der Waals surface area contributed by atoms with Gasteiger partial charge in [0, 0.05) is 17.5 Å². The fourth-order valence-electron chi connectivity index (χ4n) is 2.11. The third-order valence-electron chi connectivity index (χ3n) is 3.32. The lowest BCUT2D eigenvalue weighted by atomic mass is 10.1. The number of hydrogen-bond donors (Lipinski definition) is 1. The molecule has 2 unspecified atom stereocenters. The van der Waals surface area contributed by atoms with Gasteiger partial charge in [0.15, 0.2) is 0 Å². The maximum atomic E-state index is 5.93. The summed E-state index contributed by atoms with van der Waals surface area (Å²) in [5.41, 5.74) is 7.30. The summed E-state index contributed by atoms with van der Waals surface area (Å²) in [6.45, 7) is 7.39. The van der Waals surface area contributed by atoms with E-state index in [1.54, 1.807) is 0 Å². The van der Waals surface area contributed by atoms with Crippen molar-refractivity contribution in [2.75, 3.05) is 13.6 Å². The summed E-state index contributed by atoms with van der Waals surface area (Å²) in [5, 5.41) is 2.16. The Morgan fingerprint density at radius 2 is 2.19 bits per heavy atom. The van der Waals surface area contributed by atoms with Crippen molar-refractivity contribution in [2.24, 2.45) is 5.73 Å². The SMILES string of the molecule is CCCC(C)N(C)C(CN)c1sccc1C. The molecule has 1 heterocycles. The molecule has 0 amide bonds. The first kappa shape index (κ1) is 13.7. The molecule has 16 heavy (non-hydrogen) atoms. The maximum absolute atomic E-state index is 5.93. The summed E-state index contributed by atoms with van der Waals surface area (Å²) in [7, 11) is 2.19. The molecule has 0 saturated carbocycles. The van der Waals surface area contributed by atoms with Crippen molar-refractivity contribution in [3.63, 3.8) is 0 Å². The first-order valence-electron chi connectivity index (χ1n) is 6.07.